The van der Waals surface area contributed by atoms with Crippen LogP contribution in [-0.2, 0) is 4.74 Å². The first kappa shape index (κ1) is 15.8. The zero-order valence-electron chi connectivity index (χ0n) is 12.4. The first-order chi connectivity index (χ1) is 9.74. The molecule has 1 aliphatic heterocycles. The van der Waals surface area contributed by atoms with Crippen molar-refractivity contribution in [3.05, 3.63) is 34.9 Å². The van der Waals surface area contributed by atoms with Crippen molar-refractivity contribution >= 4 is 11.6 Å². The van der Waals surface area contributed by atoms with Crippen molar-refractivity contribution in [3.8, 4) is 0 Å². The molecule has 0 bridgehead atoms. The molecule has 0 saturated carbocycles. The minimum Gasteiger partial charge on any atom is -0.374 e. The number of nitrogens with one attached hydrogen (secondary N) is 1. The number of benzene rings is 1. The Balaban J connectivity index is 2.11. The fourth-order valence-corrected chi connectivity index (χ4v) is 3.04. The molecule has 2 unspecified atom stereocenters. The van der Waals surface area contributed by atoms with Crippen LogP contribution in [0.1, 0.15) is 31.9 Å². The van der Waals surface area contributed by atoms with Crippen LogP contribution in [0.4, 0.5) is 0 Å². The van der Waals surface area contributed by atoms with Gasteiger partial charge in [-0.05, 0) is 37.2 Å². The van der Waals surface area contributed by atoms with Gasteiger partial charge in [0.1, 0.15) is 0 Å². The van der Waals surface area contributed by atoms with E-state index in [2.05, 4.69) is 30.1 Å². The summed E-state index contributed by atoms with van der Waals surface area (Å²) in [6.45, 7) is 9.26. The van der Waals surface area contributed by atoms with Crippen molar-refractivity contribution in [1.82, 2.24) is 10.2 Å². The number of hydrogen-bond acceptors (Lipinski definition) is 3. The summed E-state index contributed by atoms with van der Waals surface area (Å²) >= 11 is 6.13. The third-order valence-corrected chi connectivity index (χ3v) is 3.96. The molecule has 1 heterocycles. The van der Waals surface area contributed by atoms with E-state index in [9.17, 15) is 0 Å². The van der Waals surface area contributed by atoms with Gasteiger partial charge in [0.2, 0.25) is 0 Å². The van der Waals surface area contributed by atoms with E-state index in [-0.39, 0.29) is 12.1 Å². The number of hydrogen-bond donors (Lipinski definition) is 1. The average Bonchev–Trinajstić information content (AvgIpc) is 2.45. The van der Waals surface area contributed by atoms with Crippen molar-refractivity contribution in [2.45, 2.75) is 32.4 Å². The number of nitrogens with zero attached hydrogens (tertiary/aromatic N) is 1. The Labute approximate surface area is 127 Å². The van der Waals surface area contributed by atoms with E-state index in [0.717, 1.165) is 37.8 Å². The Bertz CT molecular complexity index is 411. The maximum absolute atomic E-state index is 6.13. The maximum Gasteiger partial charge on any atom is 0.0896 e. The van der Waals surface area contributed by atoms with Gasteiger partial charge in [-0.3, -0.25) is 4.90 Å². The predicted octanol–water partition coefficient (Wildman–Crippen LogP) is 3.10. The molecule has 20 heavy (non-hydrogen) atoms. The number of morpholine rings is 1. The molecule has 2 atom stereocenters. The summed E-state index contributed by atoms with van der Waals surface area (Å²) in [5.74, 6) is 0. The minimum atomic E-state index is 0.189. The summed E-state index contributed by atoms with van der Waals surface area (Å²) < 4.78 is 6.02. The Morgan fingerprint density at radius 3 is 3.00 bits per heavy atom. The van der Waals surface area contributed by atoms with Crippen molar-refractivity contribution in [3.63, 3.8) is 0 Å². The van der Waals surface area contributed by atoms with Gasteiger partial charge in [-0.25, -0.2) is 0 Å². The molecule has 1 saturated heterocycles. The van der Waals surface area contributed by atoms with E-state index in [1.165, 1.54) is 12.0 Å². The highest BCUT2D eigenvalue weighted by molar-refractivity contribution is 6.30. The van der Waals surface area contributed by atoms with Crippen LogP contribution in [0.3, 0.4) is 0 Å². The molecule has 1 aromatic rings. The normalized spacial score (nSPS) is 21.9. The van der Waals surface area contributed by atoms with E-state index in [4.69, 9.17) is 16.3 Å². The van der Waals surface area contributed by atoms with Gasteiger partial charge in [0.25, 0.3) is 0 Å². The van der Waals surface area contributed by atoms with Crippen molar-refractivity contribution < 1.29 is 4.74 Å². The molecule has 4 heteroatoms. The fourth-order valence-electron chi connectivity index (χ4n) is 2.84. The first-order valence-electron chi connectivity index (χ1n) is 7.57. The Kier molecular flexibility index (Phi) is 6.30. The SMILES string of the molecule is CCCN1CCOC(C(NCC)c2cccc(Cl)c2)C1. The number of ether oxygens (including phenoxy) is 1. The largest absolute Gasteiger partial charge is 0.374 e. The van der Waals surface area contributed by atoms with Gasteiger partial charge < -0.3 is 10.1 Å². The topological polar surface area (TPSA) is 24.5 Å². The smallest absolute Gasteiger partial charge is 0.0896 e. The molecule has 112 valence electrons. The van der Waals surface area contributed by atoms with Crippen LogP contribution in [0.25, 0.3) is 0 Å². The van der Waals surface area contributed by atoms with Gasteiger partial charge in [-0.2, -0.15) is 0 Å². The highest BCUT2D eigenvalue weighted by atomic mass is 35.5. The number of likely N-dealkylation sites (N-methyl/N-ethyl adjacent to an activating group) is 1. The lowest BCUT2D eigenvalue weighted by Gasteiger charge is -2.37. The van der Waals surface area contributed by atoms with Gasteiger partial charge >= 0.3 is 0 Å². The molecule has 0 radical (unpaired) electrons. The van der Waals surface area contributed by atoms with Crippen LogP contribution in [0.15, 0.2) is 24.3 Å². The van der Waals surface area contributed by atoms with Crippen molar-refractivity contribution in [2.75, 3.05) is 32.8 Å². The molecule has 1 fully saturated rings. The molecule has 0 spiro atoms. The van der Waals surface area contributed by atoms with E-state index < -0.39 is 0 Å². The Morgan fingerprint density at radius 2 is 2.30 bits per heavy atom. The summed E-state index contributed by atoms with van der Waals surface area (Å²) in [6.07, 6.45) is 1.38. The highest BCUT2D eigenvalue weighted by Gasteiger charge is 2.28. The molecule has 1 aliphatic rings. The molecule has 1 N–H and O–H groups in total. The standard InChI is InChI=1S/C16H25ClN2O/c1-3-8-19-9-10-20-15(12-19)16(18-4-2)13-6-5-7-14(17)11-13/h5-7,11,15-16,18H,3-4,8-10,12H2,1-2H3. The third-order valence-electron chi connectivity index (χ3n) is 3.72. The lowest BCUT2D eigenvalue weighted by Crippen LogP contribution is -2.48. The van der Waals surface area contributed by atoms with Crippen LogP contribution < -0.4 is 5.32 Å². The lowest BCUT2D eigenvalue weighted by atomic mass is 9.99. The predicted molar refractivity (Wildman–Crippen MR) is 84.3 cm³/mol. The van der Waals surface area contributed by atoms with Gasteiger partial charge in [0, 0.05) is 18.1 Å². The second-order valence-corrected chi connectivity index (χ2v) is 5.74. The Morgan fingerprint density at radius 1 is 1.45 bits per heavy atom. The van der Waals surface area contributed by atoms with Crippen LogP contribution in [0.2, 0.25) is 5.02 Å². The van der Waals surface area contributed by atoms with E-state index in [0.29, 0.717) is 0 Å². The fraction of sp³-hybridized carbons (Fsp3) is 0.625. The first-order valence-corrected chi connectivity index (χ1v) is 7.95. The quantitative estimate of drug-likeness (QED) is 0.873. The zero-order valence-corrected chi connectivity index (χ0v) is 13.2. The van der Waals surface area contributed by atoms with Crippen LogP contribution in [0, 0.1) is 0 Å². The summed E-state index contributed by atoms with van der Waals surface area (Å²) in [4.78, 5) is 2.49. The summed E-state index contributed by atoms with van der Waals surface area (Å²) in [5, 5.41) is 4.33. The summed E-state index contributed by atoms with van der Waals surface area (Å²) in [5.41, 5.74) is 1.21. The molecule has 3 nitrogen and oxygen atoms in total. The van der Waals surface area contributed by atoms with E-state index in [1.807, 2.05) is 18.2 Å². The number of rotatable bonds is 6. The lowest BCUT2D eigenvalue weighted by molar-refractivity contribution is -0.0468. The van der Waals surface area contributed by atoms with Gasteiger partial charge in [-0.1, -0.05) is 37.6 Å². The number of halogens is 1. The average molecular weight is 297 g/mol. The molecule has 2 rings (SSSR count). The zero-order chi connectivity index (χ0) is 14.4. The van der Waals surface area contributed by atoms with Crippen LogP contribution in [0.5, 0.6) is 0 Å². The highest BCUT2D eigenvalue weighted by Crippen LogP contribution is 2.24. The Hall–Kier alpha value is -0.610. The van der Waals surface area contributed by atoms with Gasteiger partial charge in [0.15, 0.2) is 0 Å². The second kappa shape index (κ2) is 7.99. The molecular weight excluding hydrogens is 272 g/mol. The second-order valence-electron chi connectivity index (χ2n) is 5.30. The molecular formula is C16H25ClN2O. The molecule has 0 aromatic heterocycles. The molecule has 1 aromatic carbocycles. The van der Waals surface area contributed by atoms with Gasteiger partial charge in [-0.15, -0.1) is 0 Å². The van der Waals surface area contributed by atoms with Crippen molar-refractivity contribution in [1.29, 1.82) is 0 Å². The van der Waals surface area contributed by atoms with Crippen LogP contribution >= 0.6 is 11.6 Å². The van der Waals surface area contributed by atoms with Crippen molar-refractivity contribution in [2.24, 2.45) is 0 Å². The molecule has 0 amide bonds. The van der Waals surface area contributed by atoms with E-state index in [1.54, 1.807) is 0 Å². The van der Waals surface area contributed by atoms with Gasteiger partial charge in [0.05, 0.1) is 18.8 Å². The summed E-state index contributed by atoms with van der Waals surface area (Å²) in [7, 11) is 0. The minimum absolute atomic E-state index is 0.189. The summed E-state index contributed by atoms with van der Waals surface area (Å²) in [6, 6.07) is 8.30. The maximum atomic E-state index is 6.13. The molecule has 0 aliphatic carbocycles. The monoisotopic (exact) mass is 296 g/mol. The van der Waals surface area contributed by atoms with E-state index >= 15 is 0 Å². The third kappa shape index (κ3) is 4.19. The van der Waals surface area contributed by atoms with Crippen LogP contribution in [-0.4, -0.2) is 43.8 Å².